The molecule has 2 N–H and O–H groups in total. The number of rotatable bonds is 8. The van der Waals surface area contributed by atoms with E-state index in [-0.39, 0.29) is 13.1 Å². The maximum Gasteiger partial charge on any atom is 0.471 e. The second-order valence-corrected chi connectivity index (χ2v) is 7.21. The molecule has 1 atom stereocenters. The lowest BCUT2D eigenvalue weighted by atomic mass is 10.1. The number of ether oxygens (including phenoxy) is 2. The third-order valence-corrected chi connectivity index (χ3v) is 3.35. The van der Waals surface area contributed by atoms with E-state index in [9.17, 15) is 27.9 Å². The molecule has 0 aliphatic heterocycles. The molecule has 1 unspecified atom stereocenters. The number of hydrogen-bond donors (Lipinski definition) is 2. The molecular formula is C20H31F3N2O5. The van der Waals surface area contributed by atoms with Crippen LogP contribution in [0.4, 0.5) is 13.2 Å². The standard InChI is InChI=1S/C16H21F3N2O5.C4H10/c1-10(22)8-21(14(23)7-20-15(24)16(17,18)19)9-11-4-5-12(25-2)6-13(11)26-3;1-4(2)3/h4-6,10,22H,7-9H2,1-3H3,(H,20,24);4H,1-3H3. The van der Waals surface area contributed by atoms with E-state index < -0.39 is 30.6 Å². The average Bonchev–Trinajstić information content (AvgIpc) is 2.63. The highest BCUT2D eigenvalue weighted by atomic mass is 19.4. The van der Waals surface area contributed by atoms with Crippen molar-refractivity contribution in [2.45, 2.75) is 46.5 Å². The van der Waals surface area contributed by atoms with Crippen LogP contribution in [0.1, 0.15) is 33.3 Å². The van der Waals surface area contributed by atoms with Gasteiger partial charge in [0, 0.05) is 24.7 Å². The number of nitrogens with zero attached hydrogens (tertiary/aromatic N) is 1. The lowest BCUT2D eigenvalue weighted by molar-refractivity contribution is -0.174. The Morgan fingerprint density at radius 1 is 1.13 bits per heavy atom. The van der Waals surface area contributed by atoms with Crippen molar-refractivity contribution in [3.05, 3.63) is 23.8 Å². The molecule has 0 fully saturated rings. The number of hydrogen-bond acceptors (Lipinski definition) is 5. The topological polar surface area (TPSA) is 88.1 Å². The van der Waals surface area contributed by atoms with Crippen molar-refractivity contribution in [1.29, 1.82) is 0 Å². The molecule has 0 heterocycles. The van der Waals surface area contributed by atoms with Gasteiger partial charge in [0.15, 0.2) is 0 Å². The molecule has 0 saturated heterocycles. The number of aliphatic hydroxyl groups is 1. The minimum atomic E-state index is -5.07. The van der Waals surface area contributed by atoms with Gasteiger partial charge >= 0.3 is 12.1 Å². The van der Waals surface area contributed by atoms with Crippen LogP contribution in [-0.2, 0) is 16.1 Å². The lowest BCUT2D eigenvalue weighted by Crippen LogP contribution is -2.45. The first-order chi connectivity index (χ1) is 13.8. The molecule has 0 aliphatic rings. The van der Waals surface area contributed by atoms with Gasteiger partial charge in [-0.3, -0.25) is 9.59 Å². The van der Waals surface area contributed by atoms with Gasteiger partial charge in [-0.2, -0.15) is 13.2 Å². The summed E-state index contributed by atoms with van der Waals surface area (Å²) in [6.45, 7) is 6.93. The minimum Gasteiger partial charge on any atom is -0.497 e. The Bertz CT molecular complexity index is 676. The van der Waals surface area contributed by atoms with Crippen LogP contribution in [0.3, 0.4) is 0 Å². The second-order valence-electron chi connectivity index (χ2n) is 7.21. The Kier molecular flexibility index (Phi) is 11.9. The summed E-state index contributed by atoms with van der Waals surface area (Å²) in [7, 11) is 2.89. The van der Waals surface area contributed by atoms with Crippen molar-refractivity contribution < 1.29 is 37.3 Å². The van der Waals surface area contributed by atoms with Gasteiger partial charge in [0.2, 0.25) is 5.91 Å². The predicted molar refractivity (Wildman–Crippen MR) is 106 cm³/mol. The van der Waals surface area contributed by atoms with Crippen LogP contribution in [0.25, 0.3) is 0 Å². The van der Waals surface area contributed by atoms with Gasteiger partial charge in [-0.25, -0.2) is 0 Å². The molecule has 0 bridgehead atoms. The Morgan fingerprint density at radius 2 is 1.70 bits per heavy atom. The Balaban J connectivity index is 0.00000192. The molecule has 0 aromatic heterocycles. The van der Waals surface area contributed by atoms with E-state index >= 15 is 0 Å². The molecule has 0 radical (unpaired) electrons. The molecule has 10 heteroatoms. The molecule has 0 spiro atoms. The molecule has 1 aromatic carbocycles. The fraction of sp³-hybridized carbons (Fsp3) is 0.600. The van der Waals surface area contributed by atoms with Crippen LogP contribution >= 0.6 is 0 Å². The first-order valence-corrected chi connectivity index (χ1v) is 9.33. The lowest BCUT2D eigenvalue weighted by Gasteiger charge is -2.25. The summed E-state index contributed by atoms with van der Waals surface area (Å²) < 4.78 is 47.0. The zero-order valence-corrected chi connectivity index (χ0v) is 18.2. The highest BCUT2D eigenvalue weighted by Gasteiger charge is 2.38. The summed E-state index contributed by atoms with van der Waals surface area (Å²) in [4.78, 5) is 24.2. The first-order valence-electron chi connectivity index (χ1n) is 9.33. The van der Waals surface area contributed by atoms with Gasteiger partial charge in [-0.1, -0.05) is 20.8 Å². The number of benzene rings is 1. The SMILES string of the molecule is CC(C)C.COc1ccc(CN(CC(C)O)C(=O)CNC(=O)C(F)(F)F)c(OC)c1. The van der Waals surface area contributed by atoms with Gasteiger partial charge in [-0.15, -0.1) is 0 Å². The van der Waals surface area contributed by atoms with Gasteiger partial charge in [0.05, 0.1) is 26.9 Å². The molecule has 172 valence electrons. The summed E-state index contributed by atoms with van der Waals surface area (Å²) in [5, 5.41) is 11.1. The zero-order valence-electron chi connectivity index (χ0n) is 18.2. The number of carbonyl (C=O) groups is 2. The highest BCUT2D eigenvalue weighted by molar-refractivity contribution is 5.87. The van der Waals surface area contributed by atoms with Crippen molar-refractivity contribution in [2.24, 2.45) is 5.92 Å². The molecule has 2 amide bonds. The number of halogens is 3. The molecule has 7 nitrogen and oxygen atoms in total. The number of amides is 2. The number of methoxy groups -OCH3 is 2. The smallest absolute Gasteiger partial charge is 0.471 e. The predicted octanol–water partition coefficient (Wildman–Crippen LogP) is 2.75. The Labute approximate surface area is 175 Å². The van der Waals surface area contributed by atoms with Crippen LogP contribution < -0.4 is 14.8 Å². The quantitative estimate of drug-likeness (QED) is 0.654. The van der Waals surface area contributed by atoms with Crippen LogP contribution in [0.5, 0.6) is 11.5 Å². The zero-order chi connectivity index (χ0) is 23.5. The van der Waals surface area contributed by atoms with E-state index in [1.54, 1.807) is 18.2 Å². The summed E-state index contributed by atoms with van der Waals surface area (Å²) in [6, 6.07) is 4.86. The van der Waals surface area contributed by atoms with Crippen molar-refractivity contribution in [3.63, 3.8) is 0 Å². The monoisotopic (exact) mass is 436 g/mol. The maximum atomic E-state index is 12.2. The minimum absolute atomic E-state index is 0.0290. The normalized spacial score (nSPS) is 11.8. The second kappa shape index (κ2) is 12.9. The molecule has 1 aromatic rings. The van der Waals surface area contributed by atoms with Crippen molar-refractivity contribution in [3.8, 4) is 11.5 Å². The van der Waals surface area contributed by atoms with Gasteiger partial charge in [-0.05, 0) is 25.0 Å². The van der Waals surface area contributed by atoms with Crippen molar-refractivity contribution in [2.75, 3.05) is 27.3 Å². The third-order valence-electron chi connectivity index (χ3n) is 3.35. The van der Waals surface area contributed by atoms with Gasteiger partial charge in [0.1, 0.15) is 11.5 Å². The number of aliphatic hydroxyl groups excluding tert-OH is 1. The fourth-order valence-corrected chi connectivity index (χ4v) is 2.13. The van der Waals surface area contributed by atoms with Gasteiger partial charge < -0.3 is 24.8 Å². The van der Waals surface area contributed by atoms with E-state index in [1.165, 1.54) is 26.5 Å². The average molecular weight is 436 g/mol. The van der Waals surface area contributed by atoms with E-state index in [1.807, 2.05) is 0 Å². The molecular weight excluding hydrogens is 405 g/mol. The molecule has 30 heavy (non-hydrogen) atoms. The summed E-state index contributed by atoms with van der Waals surface area (Å²) in [5.41, 5.74) is 0.560. The third kappa shape index (κ3) is 10.9. The van der Waals surface area contributed by atoms with Crippen LogP contribution in [0.15, 0.2) is 18.2 Å². The van der Waals surface area contributed by atoms with Crippen LogP contribution in [0.2, 0.25) is 0 Å². The van der Waals surface area contributed by atoms with Gasteiger partial charge in [0.25, 0.3) is 0 Å². The van der Waals surface area contributed by atoms with E-state index in [4.69, 9.17) is 9.47 Å². The van der Waals surface area contributed by atoms with Crippen LogP contribution in [-0.4, -0.2) is 61.4 Å². The summed E-state index contributed by atoms with van der Waals surface area (Å²) >= 11 is 0. The first kappa shape index (κ1) is 27.5. The fourth-order valence-electron chi connectivity index (χ4n) is 2.13. The van der Waals surface area contributed by atoms with Crippen molar-refractivity contribution >= 4 is 11.8 Å². The summed E-state index contributed by atoms with van der Waals surface area (Å²) in [6.07, 6.45) is -5.99. The van der Waals surface area contributed by atoms with Crippen molar-refractivity contribution in [1.82, 2.24) is 10.2 Å². The van der Waals surface area contributed by atoms with Crippen LogP contribution in [0, 0.1) is 5.92 Å². The maximum absolute atomic E-state index is 12.2. The Morgan fingerprint density at radius 3 is 2.13 bits per heavy atom. The number of carbonyl (C=O) groups excluding carboxylic acids is 2. The molecule has 0 aliphatic carbocycles. The number of nitrogens with one attached hydrogen (secondary N) is 1. The largest absolute Gasteiger partial charge is 0.497 e. The van der Waals surface area contributed by atoms with E-state index in [2.05, 4.69) is 20.8 Å². The summed E-state index contributed by atoms with van der Waals surface area (Å²) in [5.74, 6) is -1.21. The van der Waals surface area contributed by atoms with E-state index in [0.717, 1.165) is 10.8 Å². The highest BCUT2D eigenvalue weighted by Crippen LogP contribution is 2.26. The molecule has 1 rings (SSSR count). The Hall–Kier alpha value is -2.49. The molecule has 0 saturated carbocycles. The number of alkyl halides is 3. The van der Waals surface area contributed by atoms with E-state index in [0.29, 0.717) is 17.1 Å².